The van der Waals surface area contributed by atoms with Crippen molar-refractivity contribution in [2.75, 3.05) is 0 Å². The molecule has 1 heterocycles. The van der Waals surface area contributed by atoms with Crippen molar-refractivity contribution in [1.82, 2.24) is 4.98 Å². The fourth-order valence-electron chi connectivity index (χ4n) is 1.67. The summed E-state index contributed by atoms with van der Waals surface area (Å²) in [4.78, 5) is 3.69. The first kappa shape index (κ1) is 11.4. The third kappa shape index (κ3) is 2.36. The van der Waals surface area contributed by atoms with Crippen molar-refractivity contribution in [3.05, 3.63) is 29.1 Å². The van der Waals surface area contributed by atoms with Gasteiger partial charge in [-0.1, -0.05) is 13.8 Å². The molecule has 0 radical (unpaired) electrons. The lowest BCUT2D eigenvalue weighted by atomic mass is 10.0. The Hall–Kier alpha value is -1.06. The van der Waals surface area contributed by atoms with Gasteiger partial charge in [-0.15, -0.1) is 0 Å². The van der Waals surface area contributed by atoms with Gasteiger partial charge in [0.1, 0.15) is 5.69 Å². The van der Waals surface area contributed by atoms with E-state index in [0.29, 0.717) is 11.6 Å². The molecule has 1 aliphatic carbocycles. The highest BCUT2D eigenvalue weighted by Gasteiger charge is 2.35. The number of hydrogen-bond donors (Lipinski definition) is 0. The predicted molar refractivity (Wildman–Crippen MR) is 55.3 cm³/mol. The van der Waals surface area contributed by atoms with Crippen molar-refractivity contribution in [2.45, 2.75) is 44.7 Å². The number of rotatable bonds is 2. The summed E-state index contributed by atoms with van der Waals surface area (Å²) < 4.78 is 37.9. The van der Waals surface area contributed by atoms with Crippen molar-refractivity contribution in [3.8, 4) is 0 Å². The standard InChI is InChI=1S/C12H14F3N/c1-7(2)10-5-9(8-3-4-8)6-11(16-10)12(13,14)15/h5-8H,3-4H2,1-2H3. The third-order valence-corrected chi connectivity index (χ3v) is 2.80. The molecular weight excluding hydrogens is 215 g/mol. The summed E-state index contributed by atoms with van der Waals surface area (Å²) in [7, 11) is 0. The van der Waals surface area contributed by atoms with Gasteiger partial charge in [-0.3, -0.25) is 0 Å². The first-order valence-electron chi connectivity index (χ1n) is 5.47. The van der Waals surface area contributed by atoms with Crippen LogP contribution in [0.3, 0.4) is 0 Å². The molecule has 88 valence electrons. The van der Waals surface area contributed by atoms with Crippen LogP contribution in [0.25, 0.3) is 0 Å². The molecule has 0 amide bonds. The van der Waals surface area contributed by atoms with Crippen LogP contribution >= 0.6 is 0 Å². The average Bonchev–Trinajstić information content (AvgIpc) is 2.98. The average molecular weight is 229 g/mol. The van der Waals surface area contributed by atoms with Crippen LogP contribution in [0.1, 0.15) is 55.5 Å². The van der Waals surface area contributed by atoms with E-state index in [0.717, 1.165) is 18.4 Å². The summed E-state index contributed by atoms with van der Waals surface area (Å²) in [6.45, 7) is 3.72. The molecule has 4 heteroatoms. The molecule has 0 bridgehead atoms. The second kappa shape index (κ2) is 3.75. The van der Waals surface area contributed by atoms with Gasteiger partial charge in [0.15, 0.2) is 0 Å². The lowest BCUT2D eigenvalue weighted by Crippen LogP contribution is -2.11. The number of alkyl halides is 3. The van der Waals surface area contributed by atoms with Gasteiger partial charge in [0.05, 0.1) is 0 Å². The topological polar surface area (TPSA) is 12.9 Å². The van der Waals surface area contributed by atoms with Gasteiger partial charge in [0.25, 0.3) is 0 Å². The van der Waals surface area contributed by atoms with Gasteiger partial charge in [0.2, 0.25) is 0 Å². The highest BCUT2D eigenvalue weighted by atomic mass is 19.4. The highest BCUT2D eigenvalue weighted by molar-refractivity contribution is 5.30. The molecular formula is C12H14F3N. The van der Waals surface area contributed by atoms with E-state index in [1.165, 1.54) is 6.07 Å². The normalized spacial score (nSPS) is 16.9. The van der Waals surface area contributed by atoms with Crippen LogP contribution in [0.4, 0.5) is 13.2 Å². The maximum absolute atomic E-state index is 12.6. The summed E-state index contributed by atoms with van der Waals surface area (Å²) >= 11 is 0. The van der Waals surface area contributed by atoms with Crippen molar-refractivity contribution < 1.29 is 13.2 Å². The second-order valence-electron chi connectivity index (χ2n) is 4.64. The molecule has 1 fully saturated rings. The molecule has 0 aliphatic heterocycles. The van der Waals surface area contributed by atoms with Crippen LogP contribution < -0.4 is 0 Å². The van der Waals surface area contributed by atoms with E-state index in [1.807, 2.05) is 19.9 Å². The molecule has 1 saturated carbocycles. The smallest absolute Gasteiger partial charge is 0.248 e. The summed E-state index contributed by atoms with van der Waals surface area (Å²) in [5.74, 6) is 0.349. The molecule has 0 unspecified atom stereocenters. The van der Waals surface area contributed by atoms with E-state index in [1.54, 1.807) is 0 Å². The summed E-state index contributed by atoms with van der Waals surface area (Å²) in [6, 6.07) is 3.01. The summed E-state index contributed by atoms with van der Waals surface area (Å²) in [5, 5.41) is 0. The third-order valence-electron chi connectivity index (χ3n) is 2.80. The number of nitrogens with zero attached hydrogens (tertiary/aromatic N) is 1. The molecule has 1 aromatic heterocycles. The van der Waals surface area contributed by atoms with Gasteiger partial charge >= 0.3 is 6.18 Å². The van der Waals surface area contributed by atoms with Crippen LogP contribution in [-0.2, 0) is 6.18 Å². The number of hydrogen-bond acceptors (Lipinski definition) is 1. The Morgan fingerprint density at radius 2 is 1.88 bits per heavy atom. The minimum atomic E-state index is -4.34. The molecule has 1 aromatic rings. The molecule has 0 aromatic carbocycles. The number of pyridine rings is 1. The largest absolute Gasteiger partial charge is 0.433 e. The predicted octanol–water partition coefficient (Wildman–Crippen LogP) is 4.10. The van der Waals surface area contributed by atoms with Gasteiger partial charge in [-0.25, -0.2) is 4.98 Å². The zero-order valence-electron chi connectivity index (χ0n) is 9.30. The summed E-state index contributed by atoms with van der Waals surface area (Å²) in [5.41, 5.74) is 0.586. The van der Waals surface area contributed by atoms with Gasteiger partial charge in [-0.05, 0) is 42.4 Å². The van der Waals surface area contributed by atoms with Crippen molar-refractivity contribution in [1.29, 1.82) is 0 Å². The zero-order valence-corrected chi connectivity index (χ0v) is 9.30. The van der Waals surface area contributed by atoms with Gasteiger partial charge < -0.3 is 0 Å². The molecule has 16 heavy (non-hydrogen) atoms. The Morgan fingerprint density at radius 1 is 1.25 bits per heavy atom. The quantitative estimate of drug-likeness (QED) is 0.744. The van der Waals surface area contributed by atoms with Crippen LogP contribution in [0.2, 0.25) is 0 Å². The molecule has 0 saturated heterocycles. The Balaban J connectivity index is 2.44. The van der Waals surface area contributed by atoms with E-state index in [4.69, 9.17) is 0 Å². The first-order chi connectivity index (χ1) is 7.38. The first-order valence-corrected chi connectivity index (χ1v) is 5.47. The van der Waals surface area contributed by atoms with Crippen LogP contribution in [-0.4, -0.2) is 4.98 Å². The van der Waals surface area contributed by atoms with Crippen molar-refractivity contribution in [2.24, 2.45) is 0 Å². The maximum atomic E-state index is 12.6. The minimum Gasteiger partial charge on any atom is -0.248 e. The van der Waals surface area contributed by atoms with Crippen LogP contribution in [0.15, 0.2) is 12.1 Å². The highest BCUT2D eigenvalue weighted by Crippen LogP contribution is 2.42. The van der Waals surface area contributed by atoms with E-state index >= 15 is 0 Å². The Labute approximate surface area is 92.7 Å². The molecule has 1 aliphatic rings. The molecule has 0 atom stereocenters. The van der Waals surface area contributed by atoms with Gasteiger partial charge in [-0.2, -0.15) is 13.2 Å². The minimum absolute atomic E-state index is 0.0276. The Kier molecular flexibility index (Phi) is 2.68. The Bertz CT molecular complexity index is 371. The lowest BCUT2D eigenvalue weighted by molar-refractivity contribution is -0.141. The van der Waals surface area contributed by atoms with E-state index in [9.17, 15) is 13.2 Å². The van der Waals surface area contributed by atoms with Crippen LogP contribution in [0, 0.1) is 0 Å². The number of halogens is 3. The zero-order chi connectivity index (χ0) is 11.9. The van der Waals surface area contributed by atoms with Crippen LogP contribution in [0.5, 0.6) is 0 Å². The molecule has 2 rings (SSSR count). The summed E-state index contributed by atoms with van der Waals surface area (Å²) in [6.07, 6.45) is -2.34. The lowest BCUT2D eigenvalue weighted by Gasteiger charge is -2.12. The van der Waals surface area contributed by atoms with E-state index < -0.39 is 11.9 Å². The van der Waals surface area contributed by atoms with Gasteiger partial charge in [0, 0.05) is 5.69 Å². The number of aromatic nitrogens is 1. The van der Waals surface area contributed by atoms with E-state index in [2.05, 4.69) is 4.98 Å². The fraction of sp³-hybridized carbons (Fsp3) is 0.583. The second-order valence-corrected chi connectivity index (χ2v) is 4.64. The van der Waals surface area contributed by atoms with E-state index in [-0.39, 0.29) is 5.92 Å². The monoisotopic (exact) mass is 229 g/mol. The maximum Gasteiger partial charge on any atom is 0.433 e. The SMILES string of the molecule is CC(C)c1cc(C2CC2)cc(C(F)(F)F)n1. The van der Waals surface area contributed by atoms with Crippen molar-refractivity contribution in [3.63, 3.8) is 0 Å². The Morgan fingerprint density at radius 3 is 2.31 bits per heavy atom. The molecule has 0 spiro atoms. The fourth-order valence-corrected chi connectivity index (χ4v) is 1.67. The molecule has 0 N–H and O–H groups in total. The molecule has 1 nitrogen and oxygen atoms in total. The van der Waals surface area contributed by atoms with Crippen molar-refractivity contribution >= 4 is 0 Å².